The third kappa shape index (κ3) is 3.88. The zero-order valence-corrected chi connectivity index (χ0v) is 10.9. The lowest BCUT2D eigenvalue weighted by Crippen LogP contribution is -2.26. The average molecular weight is 258 g/mol. The summed E-state index contributed by atoms with van der Waals surface area (Å²) in [7, 11) is 0. The van der Waals surface area contributed by atoms with E-state index in [9.17, 15) is 4.79 Å². The summed E-state index contributed by atoms with van der Waals surface area (Å²) in [5, 5.41) is 2.90. The summed E-state index contributed by atoms with van der Waals surface area (Å²) < 4.78 is 5.24. The van der Waals surface area contributed by atoms with Crippen molar-refractivity contribution in [3.8, 4) is 0 Å². The van der Waals surface area contributed by atoms with Crippen LogP contribution in [0, 0.1) is 0 Å². The Morgan fingerprint density at radius 1 is 1.37 bits per heavy atom. The van der Waals surface area contributed by atoms with Gasteiger partial charge < -0.3 is 15.5 Å². The Hall–Kier alpha value is -2.23. The molecular weight excluding hydrogens is 240 g/mol. The third-order valence-corrected chi connectivity index (χ3v) is 2.94. The highest BCUT2D eigenvalue weighted by molar-refractivity contribution is 5.76. The maximum absolute atomic E-state index is 11.8. The van der Waals surface area contributed by atoms with Crippen LogP contribution < -0.4 is 11.1 Å². The number of carbonyl (C=O) groups excluding carboxylic acids is 1. The minimum Gasteiger partial charge on any atom is -0.467 e. The third-order valence-electron chi connectivity index (χ3n) is 2.94. The molecule has 0 fully saturated rings. The Balaban J connectivity index is 1.82. The molecule has 0 spiro atoms. The molecule has 0 radical (unpaired) electrons. The van der Waals surface area contributed by atoms with Crippen LogP contribution in [0.15, 0.2) is 47.1 Å². The second-order valence-electron chi connectivity index (χ2n) is 4.55. The molecule has 100 valence electrons. The van der Waals surface area contributed by atoms with Gasteiger partial charge in [0.1, 0.15) is 5.76 Å². The highest BCUT2D eigenvalue weighted by Gasteiger charge is 2.11. The van der Waals surface area contributed by atoms with E-state index in [4.69, 9.17) is 10.2 Å². The van der Waals surface area contributed by atoms with E-state index in [1.807, 2.05) is 43.3 Å². The first-order valence-corrected chi connectivity index (χ1v) is 6.32. The number of hydrogen-bond donors (Lipinski definition) is 2. The summed E-state index contributed by atoms with van der Waals surface area (Å²) in [6.07, 6.45) is 2.72. The van der Waals surface area contributed by atoms with Crippen LogP contribution in [0.1, 0.15) is 30.7 Å². The molecule has 1 aromatic carbocycles. The fourth-order valence-electron chi connectivity index (χ4n) is 1.93. The van der Waals surface area contributed by atoms with Crippen molar-refractivity contribution in [3.05, 3.63) is 54.0 Å². The molecule has 3 N–H and O–H groups in total. The maximum atomic E-state index is 11.8. The van der Waals surface area contributed by atoms with Crippen LogP contribution in [0.25, 0.3) is 0 Å². The number of rotatable bonds is 5. The van der Waals surface area contributed by atoms with Crippen molar-refractivity contribution in [1.82, 2.24) is 5.32 Å². The lowest BCUT2D eigenvalue weighted by atomic mass is 10.1. The first-order valence-electron chi connectivity index (χ1n) is 6.32. The van der Waals surface area contributed by atoms with Crippen molar-refractivity contribution in [2.24, 2.45) is 0 Å². The van der Waals surface area contributed by atoms with Gasteiger partial charge in [0.25, 0.3) is 0 Å². The first kappa shape index (κ1) is 13.2. The van der Waals surface area contributed by atoms with Gasteiger partial charge in [-0.05, 0) is 43.2 Å². The lowest BCUT2D eigenvalue weighted by molar-refractivity contribution is -0.121. The highest BCUT2D eigenvalue weighted by atomic mass is 16.3. The van der Waals surface area contributed by atoms with Crippen LogP contribution in [0.2, 0.25) is 0 Å². The van der Waals surface area contributed by atoms with E-state index in [0.29, 0.717) is 12.8 Å². The molecule has 1 heterocycles. The summed E-state index contributed by atoms with van der Waals surface area (Å²) in [4.78, 5) is 11.8. The number of furan rings is 1. The summed E-state index contributed by atoms with van der Waals surface area (Å²) in [5.41, 5.74) is 7.49. The van der Waals surface area contributed by atoms with Crippen molar-refractivity contribution in [1.29, 1.82) is 0 Å². The molecule has 19 heavy (non-hydrogen) atoms. The number of nitrogen functional groups attached to an aromatic ring is 1. The molecule has 1 aromatic heterocycles. The van der Waals surface area contributed by atoms with Crippen LogP contribution in [-0.4, -0.2) is 5.91 Å². The van der Waals surface area contributed by atoms with Crippen molar-refractivity contribution >= 4 is 11.6 Å². The Morgan fingerprint density at radius 3 is 2.89 bits per heavy atom. The molecule has 1 atom stereocenters. The largest absolute Gasteiger partial charge is 0.467 e. The van der Waals surface area contributed by atoms with E-state index in [2.05, 4.69) is 5.32 Å². The highest BCUT2D eigenvalue weighted by Crippen LogP contribution is 2.13. The van der Waals surface area contributed by atoms with Crippen molar-refractivity contribution in [2.75, 3.05) is 5.73 Å². The van der Waals surface area contributed by atoms with E-state index in [1.54, 1.807) is 6.26 Å². The van der Waals surface area contributed by atoms with Crippen molar-refractivity contribution < 1.29 is 9.21 Å². The standard InChI is InChI=1S/C15H18N2O2/c1-11(14-6-3-9-19-14)17-15(18)8-7-12-4-2-5-13(16)10-12/h2-6,9-11H,7-8,16H2,1H3,(H,17,18)/t11-/m1/s1. The van der Waals surface area contributed by atoms with E-state index in [1.165, 1.54) is 0 Å². The number of hydrogen-bond acceptors (Lipinski definition) is 3. The minimum atomic E-state index is -0.108. The second-order valence-corrected chi connectivity index (χ2v) is 4.55. The normalized spacial score (nSPS) is 12.1. The van der Waals surface area contributed by atoms with Crippen LogP contribution in [0.4, 0.5) is 5.69 Å². The van der Waals surface area contributed by atoms with Gasteiger partial charge in [-0.3, -0.25) is 4.79 Å². The predicted molar refractivity (Wildman–Crippen MR) is 74.4 cm³/mol. The summed E-state index contributed by atoms with van der Waals surface area (Å²) >= 11 is 0. The SMILES string of the molecule is C[C@@H](NC(=O)CCc1cccc(N)c1)c1ccco1. The fraction of sp³-hybridized carbons (Fsp3) is 0.267. The minimum absolute atomic E-state index is 0.00586. The molecule has 0 aliphatic rings. The number of anilines is 1. The maximum Gasteiger partial charge on any atom is 0.220 e. The van der Waals surface area contributed by atoms with Crippen molar-refractivity contribution in [2.45, 2.75) is 25.8 Å². The van der Waals surface area contributed by atoms with Crippen LogP contribution in [-0.2, 0) is 11.2 Å². The predicted octanol–water partition coefficient (Wildman–Crippen LogP) is 2.67. The molecule has 0 saturated heterocycles. The zero-order chi connectivity index (χ0) is 13.7. The zero-order valence-electron chi connectivity index (χ0n) is 10.9. The summed E-state index contributed by atoms with van der Waals surface area (Å²) in [5.74, 6) is 0.767. The fourth-order valence-corrected chi connectivity index (χ4v) is 1.93. The molecule has 2 aromatic rings. The number of benzene rings is 1. The van der Waals surface area contributed by atoms with E-state index < -0.39 is 0 Å². The van der Waals surface area contributed by atoms with E-state index in [-0.39, 0.29) is 11.9 Å². The molecule has 0 aliphatic carbocycles. The number of aryl methyl sites for hydroxylation is 1. The lowest BCUT2D eigenvalue weighted by Gasteiger charge is -2.11. The average Bonchev–Trinajstić information content (AvgIpc) is 2.90. The van der Waals surface area contributed by atoms with E-state index >= 15 is 0 Å². The Morgan fingerprint density at radius 2 is 2.21 bits per heavy atom. The first-order chi connectivity index (χ1) is 9.15. The summed E-state index contributed by atoms with van der Waals surface area (Å²) in [6.45, 7) is 1.90. The number of nitrogens with two attached hydrogens (primary N) is 1. The Kier molecular flexibility index (Phi) is 4.23. The molecule has 2 rings (SSSR count). The molecule has 0 unspecified atom stereocenters. The molecule has 0 saturated carbocycles. The topological polar surface area (TPSA) is 68.3 Å². The van der Waals surface area contributed by atoms with Crippen LogP contribution in [0.5, 0.6) is 0 Å². The molecule has 4 heteroatoms. The van der Waals surface area contributed by atoms with Gasteiger partial charge >= 0.3 is 0 Å². The second kappa shape index (κ2) is 6.09. The van der Waals surface area contributed by atoms with Gasteiger partial charge in [-0.25, -0.2) is 0 Å². The van der Waals surface area contributed by atoms with Gasteiger partial charge in [-0.15, -0.1) is 0 Å². The van der Waals surface area contributed by atoms with Gasteiger partial charge in [0.05, 0.1) is 12.3 Å². The smallest absolute Gasteiger partial charge is 0.220 e. The van der Waals surface area contributed by atoms with Crippen LogP contribution >= 0.6 is 0 Å². The van der Waals surface area contributed by atoms with E-state index in [0.717, 1.165) is 17.0 Å². The van der Waals surface area contributed by atoms with Gasteiger partial charge in [0.15, 0.2) is 0 Å². The number of nitrogens with one attached hydrogen (secondary N) is 1. The van der Waals surface area contributed by atoms with Gasteiger partial charge in [-0.1, -0.05) is 12.1 Å². The van der Waals surface area contributed by atoms with Crippen LogP contribution in [0.3, 0.4) is 0 Å². The van der Waals surface area contributed by atoms with Gasteiger partial charge in [0.2, 0.25) is 5.91 Å². The molecule has 0 aliphatic heterocycles. The summed E-state index contributed by atoms with van der Waals surface area (Å²) in [6, 6.07) is 11.1. The van der Waals surface area contributed by atoms with Gasteiger partial charge in [-0.2, -0.15) is 0 Å². The Labute approximate surface area is 112 Å². The molecule has 1 amide bonds. The van der Waals surface area contributed by atoms with Crippen molar-refractivity contribution in [3.63, 3.8) is 0 Å². The molecule has 0 bridgehead atoms. The molecule has 4 nitrogen and oxygen atoms in total. The number of carbonyl (C=O) groups is 1. The Bertz CT molecular complexity index is 535. The molecular formula is C15H18N2O2. The monoisotopic (exact) mass is 258 g/mol. The quantitative estimate of drug-likeness (QED) is 0.810. The number of amides is 1. The van der Waals surface area contributed by atoms with Gasteiger partial charge in [0, 0.05) is 12.1 Å².